The van der Waals surface area contributed by atoms with Gasteiger partial charge in [0.25, 0.3) is 0 Å². The van der Waals surface area contributed by atoms with E-state index in [4.69, 9.17) is 5.11 Å². The Morgan fingerprint density at radius 2 is 2.05 bits per heavy atom. The molecule has 20 heavy (non-hydrogen) atoms. The highest BCUT2D eigenvalue weighted by molar-refractivity contribution is 5.89. The highest BCUT2D eigenvalue weighted by atomic mass is 16.4. The van der Waals surface area contributed by atoms with Gasteiger partial charge in [0.15, 0.2) is 0 Å². The van der Waals surface area contributed by atoms with E-state index in [-0.39, 0.29) is 12.3 Å². The Labute approximate surface area is 116 Å². The number of fused-ring (bicyclic) bond motifs is 1. The fraction of sp³-hybridized carbons (Fsp3) is 0.267. The second-order valence-corrected chi connectivity index (χ2v) is 4.54. The monoisotopic (exact) mass is 272 g/mol. The predicted molar refractivity (Wildman–Crippen MR) is 75.3 cm³/mol. The van der Waals surface area contributed by atoms with Crippen molar-refractivity contribution in [3.63, 3.8) is 0 Å². The van der Waals surface area contributed by atoms with Gasteiger partial charge in [-0.1, -0.05) is 31.2 Å². The van der Waals surface area contributed by atoms with E-state index < -0.39 is 12.0 Å². The number of nitrogens with zero attached hydrogens (tertiary/aromatic N) is 1. The number of rotatable bonds is 5. The summed E-state index contributed by atoms with van der Waals surface area (Å²) in [5.74, 6) is -1.32. The van der Waals surface area contributed by atoms with Crippen LogP contribution in [0, 0.1) is 0 Å². The summed E-state index contributed by atoms with van der Waals surface area (Å²) < 4.78 is 0. The van der Waals surface area contributed by atoms with Crippen molar-refractivity contribution in [3.8, 4) is 0 Å². The van der Waals surface area contributed by atoms with Crippen LogP contribution >= 0.6 is 0 Å². The van der Waals surface area contributed by atoms with Crippen LogP contribution in [0.4, 0.5) is 0 Å². The van der Waals surface area contributed by atoms with E-state index in [9.17, 15) is 9.59 Å². The number of carboxylic acid groups (broad SMARTS) is 1. The molecule has 0 spiro atoms. The molecule has 0 bridgehead atoms. The van der Waals surface area contributed by atoms with E-state index in [1.165, 1.54) is 0 Å². The minimum atomic E-state index is -1.02. The molecule has 2 aromatic rings. The van der Waals surface area contributed by atoms with Gasteiger partial charge in [0.2, 0.25) is 5.91 Å². The third-order valence-electron chi connectivity index (χ3n) is 3.11. The number of pyridine rings is 1. The highest BCUT2D eigenvalue weighted by Crippen LogP contribution is 2.16. The average Bonchev–Trinajstić information content (AvgIpc) is 2.45. The number of carbonyl (C=O) groups excluding carboxylic acids is 1. The molecular formula is C15H16N2O3. The number of carboxylic acids is 1. The van der Waals surface area contributed by atoms with Gasteiger partial charge >= 0.3 is 5.97 Å². The first kappa shape index (κ1) is 14.0. The van der Waals surface area contributed by atoms with Crippen LogP contribution in [0.5, 0.6) is 0 Å². The van der Waals surface area contributed by atoms with Crippen LogP contribution in [-0.4, -0.2) is 28.0 Å². The quantitative estimate of drug-likeness (QED) is 0.869. The van der Waals surface area contributed by atoms with Gasteiger partial charge < -0.3 is 10.4 Å². The van der Waals surface area contributed by atoms with Crippen LogP contribution in [0.15, 0.2) is 36.5 Å². The number of benzene rings is 1. The number of aliphatic carboxylic acids is 1. The Balaban J connectivity index is 2.16. The highest BCUT2D eigenvalue weighted by Gasteiger charge is 2.18. The SMILES string of the molecule is CCC(NC(=O)Cc1cccc2cccnc12)C(=O)O. The van der Waals surface area contributed by atoms with Gasteiger partial charge in [-0.2, -0.15) is 0 Å². The van der Waals surface area contributed by atoms with Crippen molar-refractivity contribution in [2.24, 2.45) is 0 Å². The summed E-state index contributed by atoms with van der Waals surface area (Å²) in [5.41, 5.74) is 1.56. The second-order valence-electron chi connectivity index (χ2n) is 4.54. The number of carbonyl (C=O) groups is 2. The molecule has 1 aromatic heterocycles. The summed E-state index contributed by atoms with van der Waals surface area (Å²) in [7, 11) is 0. The topological polar surface area (TPSA) is 79.3 Å². The summed E-state index contributed by atoms with van der Waals surface area (Å²) in [6.45, 7) is 1.72. The van der Waals surface area contributed by atoms with Gasteiger partial charge in [-0.05, 0) is 18.1 Å². The lowest BCUT2D eigenvalue weighted by atomic mass is 10.1. The van der Waals surface area contributed by atoms with Crippen LogP contribution in [0.25, 0.3) is 10.9 Å². The Morgan fingerprint density at radius 1 is 1.30 bits per heavy atom. The molecule has 1 aromatic carbocycles. The molecule has 104 valence electrons. The first-order chi connectivity index (χ1) is 9.61. The summed E-state index contributed by atoms with van der Waals surface area (Å²) in [5, 5.41) is 12.4. The van der Waals surface area contributed by atoms with E-state index in [0.29, 0.717) is 6.42 Å². The van der Waals surface area contributed by atoms with Crippen molar-refractivity contribution < 1.29 is 14.7 Å². The second kappa shape index (κ2) is 6.14. The Hall–Kier alpha value is -2.43. The van der Waals surface area contributed by atoms with Gasteiger partial charge in [-0.3, -0.25) is 9.78 Å². The van der Waals surface area contributed by atoms with Crippen molar-refractivity contribution in [1.82, 2.24) is 10.3 Å². The maximum Gasteiger partial charge on any atom is 0.326 e. The van der Waals surface area contributed by atoms with Crippen molar-refractivity contribution in [1.29, 1.82) is 0 Å². The zero-order chi connectivity index (χ0) is 14.5. The molecule has 5 nitrogen and oxygen atoms in total. The number of hydrogen-bond acceptors (Lipinski definition) is 3. The largest absolute Gasteiger partial charge is 0.480 e. The fourth-order valence-corrected chi connectivity index (χ4v) is 2.07. The summed E-state index contributed by atoms with van der Waals surface area (Å²) in [4.78, 5) is 27.1. The fourth-order valence-electron chi connectivity index (χ4n) is 2.07. The lowest BCUT2D eigenvalue weighted by molar-refractivity contribution is -0.141. The minimum Gasteiger partial charge on any atom is -0.480 e. The molecule has 1 heterocycles. The van der Waals surface area contributed by atoms with E-state index in [0.717, 1.165) is 16.5 Å². The molecule has 0 saturated heterocycles. The first-order valence-electron chi connectivity index (χ1n) is 6.46. The Kier molecular flexibility index (Phi) is 4.30. The van der Waals surface area contributed by atoms with Gasteiger partial charge in [0.05, 0.1) is 11.9 Å². The molecule has 5 heteroatoms. The van der Waals surface area contributed by atoms with Crippen LogP contribution in [0.3, 0.4) is 0 Å². The zero-order valence-electron chi connectivity index (χ0n) is 11.2. The molecule has 1 atom stereocenters. The predicted octanol–water partition coefficient (Wildman–Crippen LogP) is 1.76. The van der Waals surface area contributed by atoms with E-state index in [1.807, 2.05) is 30.3 Å². The Bertz CT molecular complexity index is 635. The molecule has 0 radical (unpaired) electrons. The molecule has 0 fully saturated rings. The van der Waals surface area contributed by atoms with Gasteiger partial charge in [0.1, 0.15) is 6.04 Å². The lowest BCUT2D eigenvalue weighted by Crippen LogP contribution is -2.41. The molecule has 1 unspecified atom stereocenters. The van der Waals surface area contributed by atoms with Crippen molar-refractivity contribution >= 4 is 22.8 Å². The number of para-hydroxylation sites is 1. The zero-order valence-corrected chi connectivity index (χ0v) is 11.2. The standard InChI is InChI=1S/C15H16N2O3/c1-2-12(15(19)20)17-13(18)9-11-6-3-5-10-7-4-8-16-14(10)11/h3-8,12H,2,9H2,1H3,(H,17,18)(H,19,20). The normalized spacial score (nSPS) is 12.1. The van der Waals surface area contributed by atoms with Crippen molar-refractivity contribution in [3.05, 3.63) is 42.1 Å². The third kappa shape index (κ3) is 3.12. The average molecular weight is 272 g/mol. The van der Waals surface area contributed by atoms with Crippen molar-refractivity contribution in [2.45, 2.75) is 25.8 Å². The van der Waals surface area contributed by atoms with Crippen LogP contribution < -0.4 is 5.32 Å². The minimum absolute atomic E-state index is 0.123. The van der Waals surface area contributed by atoms with E-state index in [2.05, 4.69) is 10.3 Å². The third-order valence-corrected chi connectivity index (χ3v) is 3.11. The van der Waals surface area contributed by atoms with Crippen molar-refractivity contribution in [2.75, 3.05) is 0 Å². The number of nitrogens with one attached hydrogen (secondary N) is 1. The molecular weight excluding hydrogens is 256 g/mol. The molecule has 0 aliphatic rings. The molecule has 1 amide bonds. The summed E-state index contributed by atoms with van der Waals surface area (Å²) >= 11 is 0. The van der Waals surface area contributed by atoms with Crippen LogP contribution in [0.1, 0.15) is 18.9 Å². The number of amides is 1. The van der Waals surface area contributed by atoms with Gasteiger partial charge in [0, 0.05) is 11.6 Å². The molecule has 0 saturated carbocycles. The summed E-state index contributed by atoms with van der Waals surface area (Å²) in [6.07, 6.45) is 2.16. The van der Waals surface area contributed by atoms with E-state index in [1.54, 1.807) is 13.1 Å². The maximum absolute atomic E-state index is 11.9. The van der Waals surface area contributed by atoms with E-state index >= 15 is 0 Å². The lowest BCUT2D eigenvalue weighted by Gasteiger charge is -2.12. The number of hydrogen-bond donors (Lipinski definition) is 2. The maximum atomic E-state index is 11.9. The smallest absolute Gasteiger partial charge is 0.326 e. The van der Waals surface area contributed by atoms with Crippen LogP contribution in [-0.2, 0) is 16.0 Å². The molecule has 0 aliphatic heterocycles. The molecule has 0 aliphatic carbocycles. The first-order valence-corrected chi connectivity index (χ1v) is 6.46. The molecule has 2 N–H and O–H groups in total. The molecule has 2 rings (SSSR count). The number of aromatic nitrogens is 1. The summed E-state index contributed by atoms with van der Waals surface area (Å²) in [6, 6.07) is 8.54. The van der Waals surface area contributed by atoms with Crippen LogP contribution in [0.2, 0.25) is 0 Å². The van der Waals surface area contributed by atoms with Gasteiger partial charge in [-0.25, -0.2) is 4.79 Å². The Morgan fingerprint density at radius 3 is 2.75 bits per heavy atom. The van der Waals surface area contributed by atoms with Gasteiger partial charge in [-0.15, -0.1) is 0 Å².